The number of aromatic nitrogens is 3. The van der Waals surface area contributed by atoms with E-state index in [0.717, 1.165) is 9.13 Å². The molecule has 0 aliphatic carbocycles. The highest BCUT2D eigenvalue weighted by Gasteiger charge is 2.15. The Labute approximate surface area is 122 Å². The van der Waals surface area contributed by atoms with Crippen LogP contribution in [0.5, 0.6) is 0 Å². The lowest BCUT2D eigenvalue weighted by atomic mass is 10.2. The first-order valence-electron chi connectivity index (χ1n) is 5.30. The molecule has 1 heterocycles. The number of benzene rings is 1. The molecule has 8 heteroatoms. The van der Waals surface area contributed by atoms with Crippen LogP contribution in [0.3, 0.4) is 0 Å². The molecule has 0 atom stereocenters. The van der Waals surface area contributed by atoms with Crippen molar-refractivity contribution in [2.45, 2.75) is 6.92 Å². The van der Waals surface area contributed by atoms with Gasteiger partial charge in [-0.15, -0.1) is 0 Å². The van der Waals surface area contributed by atoms with Crippen LogP contribution in [0, 0.1) is 10.5 Å². The molecule has 0 saturated carbocycles. The van der Waals surface area contributed by atoms with Crippen LogP contribution in [-0.4, -0.2) is 27.0 Å². The highest BCUT2D eigenvalue weighted by Crippen LogP contribution is 2.17. The fourth-order valence-electron chi connectivity index (χ4n) is 1.38. The van der Waals surface area contributed by atoms with Crippen LogP contribution in [0.1, 0.15) is 5.56 Å². The van der Waals surface area contributed by atoms with Gasteiger partial charge in [0.05, 0.1) is 0 Å². The molecule has 1 aromatic carbocycles. The Kier molecular flexibility index (Phi) is 4.10. The van der Waals surface area contributed by atoms with Crippen LogP contribution < -0.4 is 10.6 Å². The smallest absolute Gasteiger partial charge is 0.316 e. The molecule has 0 spiro atoms. The topological polar surface area (TPSA) is 99.8 Å². The van der Waals surface area contributed by atoms with Crippen molar-refractivity contribution in [1.82, 2.24) is 15.2 Å². The van der Waals surface area contributed by atoms with Gasteiger partial charge in [-0.05, 0) is 53.3 Å². The van der Waals surface area contributed by atoms with Crippen molar-refractivity contribution < 1.29 is 9.59 Å². The molecule has 98 valence electrons. The number of aromatic amines is 1. The summed E-state index contributed by atoms with van der Waals surface area (Å²) in [5, 5.41) is 10.8. The average molecular weight is 371 g/mol. The van der Waals surface area contributed by atoms with Crippen molar-refractivity contribution in [2.75, 3.05) is 10.6 Å². The third kappa shape index (κ3) is 3.50. The SMILES string of the molecule is Cc1cc(I)ccc1NC(=O)C(=O)Nc1ncn[nH]1. The minimum atomic E-state index is -0.810. The lowest BCUT2D eigenvalue weighted by molar-refractivity contribution is -0.133. The second-order valence-electron chi connectivity index (χ2n) is 3.70. The van der Waals surface area contributed by atoms with E-state index >= 15 is 0 Å². The summed E-state index contributed by atoms with van der Waals surface area (Å²) in [6.07, 6.45) is 1.23. The normalized spacial score (nSPS) is 10.0. The number of carbonyl (C=O) groups is 2. The summed E-state index contributed by atoms with van der Waals surface area (Å²) in [5.74, 6) is -1.45. The van der Waals surface area contributed by atoms with Crippen LogP contribution in [0.4, 0.5) is 11.6 Å². The Morgan fingerprint density at radius 2 is 2.00 bits per heavy atom. The summed E-state index contributed by atoms with van der Waals surface area (Å²) < 4.78 is 1.05. The highest BCUT2D eigenvalue weighted by atomic mass is 127. The Balaban J connectivity index is 2.02. The van der Waals surface area contributed by atoms with Crippen LogP contribution in [0.15, 0.2) is 24.5 Å². The molecule has 0 aliphatic rings. The summed E-state index contributed by atoms with van der Waals surface area (Å²) >= 11 is 2.17. The molecule has 0 fully saturated rings. The monoisotopic (exact) mass is 371 g/mol. The fourth-order valence-corrected chi connectivity index (χ4v) is 2.02. The van der Waals surface area contributed by atoms with E-state index in [1.165, 1.54) is 6.33 Å². The van der Waals surface area contributed by atoms with E-state index in [1.54, 1.807) is 6.07 Å². The number of aryl methyl sites for hydroxylation is 1. The van der Waals surface area contributed by atoms with E-state index in [0.29, 0.717) is 5.69 Å². The highest BCUT2D eigenvalue weighted by molar-refractivity contribution is 14.1. The maximum Gasteiger partial charge on any atom is 0.316 e. The molecule has 7 nitrogen and oxygen atoms in total. The minimum absolute atomic E-state index is 0.125. The first kappa shape index (κ1) is 13.5. The van der Waals surface area contributed by atoms with Gasteiger partial charge >= 0.3 is 11.8 Å². The van der Waals surface area contributed by atoms with E-state index in [2.05, 4.69) is 48.4 Å². The van der Waals surface area contributed by atoms with Gasteiger partial charge in [-0.25, -0.2) is 5.10 Å². The predicted molar refractivity (Wildman–Crippen MR) is 77.5 cm³/mol. The van der Waals surface area contributed by atoms with E-state index in [-0.39, 0.29) is 5.95 Å². The van der Waals surface area contributed by atoms with Crippen LogP contribution in [0.2, 0.25) is 0 Å². The molecule has 19 heavy (non-hydrogen) atoms. The molecular formula is C11H10IN5O2. The van der Waals surface area contributed by atoms with E-state index < -0.39 is 11.8 Å². The summed E-state index contributed by atoms with van der Waals surface area (Å²) in [5.41, 5.74) is 1.48. The molecule has 0 radical (unpaired) electrons. The zero-order valence-electron chi connectivity index (χ0n) is 9.90. The summed E-state index contributed by atoms with van der Waals surface area (Å²) in [4.78, 5) is 27.0. The number of nitrogens with zero attached hydrogens (tertiary/aromatic N) is 2. The molecule has 2 amide bonds. The number of hydrogen-bond acceptors (Lipinski definition) is 4. The number of halogens is 1. The summed E-state index contributed by atoms with van der Waals surface area (Å²) in [6, 6.07) is 5.50. The van der Waals surface area contributed by atoms with Gasteiger partial charge in [-0.2, -0.15) is 10.1 Å². The predicted octanol–water partition coefficient (Wildman–Crippen LogP) is 1.29. The van der Waals surface area contributed by atoms with Crippen molar-refractivity contribution in [3.05, 3.63) is 33.7 Å². The van der Waals surface area contributed by atoms with Gasteiger partial charge in [0.1, 0.15) is 6.33 Å². The molecule has 0 unspecified atom stereocenters. The van der Waals surface area contributed by atoms with Gasteiger partial charge in [-0.3, -0.25) is 14.9 Å². The van der Waals surface area contributed by atoms with Gasteiger partial charge in [0.2, 0.25) is 5.95 Å². The zero-order valence-corrected chi connectivity index (χ0v) is 12.1. The fraction of sp³-hybridized carbons (Fsp3) is 0.0909. The quantitative estimate of drug-likeness (QED) is 0.547. The minimum Gasteiger partial charge on any atom is -0.318 e. The Hall–Kier alpha value is -1.97. The number of nitrogens with one attached hydrogen (secondary N) is 3. The number of hydrogen-bond donors (Lipinski definition) is 3. The molecule has 2 rings (SSSR count). The van der Waals surface area contributed by atoms with E-state index in [9.17, 15) is 9.59 Å². The largest absolute Gasteiger partial charge is 0.318 e. The molecule has 0 aliphatic heterocycles. The summed E-state index contributed by atoms with van der Waals surface area (Å²) in [6.45, 7) is 1.85. The standard InChI is InChI=1S/C11H10IN5O2/c1-6-4-7(12)2-3-8(6)15-9(18)10(19)16-11-13-5-14-17-11/h2-5H,1H3,(H,15,18)(H2,13,14,16,17,19). The van der Waals surface area contributed by atoms with Gasteiger partial charge in [-0.1, -0.05) is 0 Å². The van der Waals surface area contributed by atoms with Gasteiger partial charge in [0.15, 0.2) is 0 Å². The maximum atomic E-state index is 11.7. The second-order valence-corrected chi connectivity index (χ2v) is 4.95. The number of amides is 2. The number of H-pyrrole nitrogens is 1. The van der Waals surface area contributed by atoms with E-state index in [4.69, 9.17) is 0 Å². The zero-order chi connectivity index (χ0) is 13.8. The van der Waals surface area contributed by atoms with Crippen LogP contribution in [-0.2, 0) is 9.59 Å². The average Bonchev–Trinajstić information content (AvgIpc) is 2.85. The number of anilines is 2. The second kappa shape index (κ2) is 5.78. The van der Waals surface area contributed by atoms with Crippen molar-refractivity contribution in [3.8, 4) is 0 Å². The van der Waals surface area contributed by atoms with Crippen molar-refractivity contribution in [3.63, 3.8) is 0 Å². The van der Waals surface area contributed by atoms with E-state index in [1.807, 2.05) is 19.1 Å². The van der Waals surface area contributed by atoms with Crippen LogP contribution >= 0.6 is 22.6 Å². The maximum absolute atomic E-state index is 11.7. The third-order valence-electron chi connectivity index (χ3n) is 2.29. The number of carbonyl (C=O) groups excluding carboxylic acids is 2. The molecule has 0 bridgehead atoms. The van der Waals surface area contributed by atoms with Crippen molar-refractivity contribution in [2.24, 2.45) is 0 Å². The lowest BCUT2D eigenvalue weighted by Gasteiger charge is -2.08. The first-order valence-corrected chi connectivity index (χ1v) is 6.38. The lowest BCUT2D eigenvalue weighted by Crippen LogP contribution is -2.29. The molecule has 2 aromatic rings. The van der Waals surface area contributed by atoms with Gasteiger partial charge < -0.3 is 5.32 Å². The summed E-state index contributed by atoms with van der Waals surface area (Å²) in [7, 11) is 0. The van der Waals surface area contributed by atoms with Crippen molar-refractivity contribution in [1.29, 1.82) is 0 Å². The molecule has 1 aromatic heterocycles. The van der Waals surface area contributed by atoms with Gasteiger partial charge in [0, 0.05) is 9.26 Å². The van der Waals surface area contributed by atoms with Crippen molar-refractivity contribution >= 4 is 46.0 Å². The first-order chi connectivity index (χ1) is 9.06. The Bertz CT molecular complexity index is 612. The van der Waals surface area contributed by atoms with Gasteiger partial charge in [0.25, 0.3) is 0 Å². The Morgan fingerprint density at radius 3 is 2.63 bits per heavy atom. The third-order valence-corrected chi connectivity index (χ3v) is 2.96. The number of rotatable bonds is 2. The molecule has 0 saturated heterocycles. The Morgan fingerprint density at radius 1 is 1.26 bits per heavy atom. The molecule has 3 N–H and O–H groups in total. The molecular weight excluding hydrogens is 361 g/mol. The van der Waals surface area contributed by atoms with Crippen LogP contribution in [0.25, 0.3) is 0 Å².